The van der Waals surface area contributed by atoms with Gasteiger partial charge in [0.15, 0.2) is 0 Å². The molecule has 0 unspecified atom stereocenters. The highest BCUT2D eigenvalue weighted by Gasteiger charge is 2.19. The molecule has 0 fully saturated rings. The Bertz CT molecular complexity index is 2800. The van der Waals surface area contributed by atoms with Gasteiger partial charge in [-0.25, -0.2) is 0 Å². The van der Waals surface area contributed by atoms with Crippen molar-refractivity contribution in [2.75, 3.05) is 9.80 Å². The maximum absolute atomic E-state index is 2.40. The fraction of sp³-hybridized carbons (Fsp3) is 0.0714. The highest BCUT2D eigenvalue weighted by Crippen LogP contribution is 2.39. The molecule has 0 spiro atoms. The van der Waals surface area contributed by atoms with Crippen molar-refractivity contribution in [3.05, 3.63) is 229 Å². The molecule has 10 rings (SSSR count). The van der Waals surface area contributed by atoms with E-state index in [9.17, 15) is 0 Å². The number of fused-ring (bicyclic) bond motifs is 2. The van der Waals surface area contributed by atoms with E-state index < -0.39 is 0 Å². The molecular formula is C56H46N4. The molecule has 290 valence electrons. The van der Waals surface area contributed by atoms with Gasteiger partial charge < -0.3 is 18.9 Å². The van der Waals surface area contributed by atoms with E-state index in [1.54, 1.807) is 0 Å². The summed E-state index contributed by atoms with van der Waals surface area (Å²) in [6.07, 6.45) is 0. The monoisotopic (exact) mass is 774 g/mol. The third-order valence-corrected chi connectivity index (χ3v) is 12.2. The van der Waals surface area contributed by atoms with Gasteiger partial charge in [0.1, 0.15) is 0 Å². The Balaban J connectivity index is 0.970. The van der Waals surface area contributed by atoms with Crippen molar-refractivity contribution in [2.45, 2.75) is 27.7 Å². The zero-order chi connectivity index (χ0) is 40.7. The van der Waals surface area contributed by atoms with Crippen LogP contribution < -0.4 is 9.80 Å². The third-order valence-electron chi connectivity index (χ3n) is 12.2. The molecule has 4 heteroatoms. The van der Waals surface area contributed by atoms with Gasteiger partial charge in [-0.2, -0.15) is 0 Å². The van der Waals surface area contributed by atoms with Gasteiger partial charge in [0.2, 0.25) is 0 Å². The van der Waals surface area contributed by atoms with Crippen molar-refractivity contribution in [3.63, 3.8) is 0 Å². The van der Waals surface area contributed by atoms with Crippen LogP contribution in [0, 0.1) is 27.7 Å². The van der Waals surface area contributed by atoms with Gasteiger partial charge in [0, 0.05) is 67.7 Å². The second-order valence-electron chi connectivity index (χ2n) is 15.6. The minimum atomic E-state index is 1.12. The number of aryl methyl sites for hydroxylation is 2. The van der Waals surface area contributed by atoms with Gasteiger partial charge in [-0.05, 0) is 171 Å². The minimum absolute atomic E-state index is 1.12. The van der Waals surface area contributed by atoms with E-state index in [4.69, 9.17) is 0 Å². The zero-order valence-electron chi connectivity index (χ0n) is 34.4. The average Bonchev–Trinajstić information content (AvgIpc) is 3.71. The van der Waals surface area contributed by atoms with Gasteiger partial charge in [-0.1, -0.05) is 84.9 Å². The van der Waals surface area contributed by atoms with Crippen LogP contribution in [0.1, 0.15) is 22.5 Å². The number of para-hydroxylation sites is 4. The standard InChI is InChI=1S/C56H46N4/c1-39-41(3)57(49-27-31-51(32-28-49)59(45-17-9-5-10-18-45)46-19-11-6-12-20-46)55-35-25-43(37-53(39)55)44-26-36-56-54(38-44)40(2)42(4)58(56)50-29-33-52(34-30-50)60(47-21-13-7-14-22-47)48-23-15-8-16-24-48/h5-38H,1-4H3. The second-order valence-corrected chi connectivity index (χ2v) is 15.6. The lowest BCUT2D eigenvalue weighted by atomic mass is 10.00. The Morgan fingerprint density at radius 3 is 0.883 bits per heavy atom. The van der Waals surface area contributed by atoms with Crippen LogP contribution in [0.5, 0.6) is 0 Å². The van der Waals surface area contributed by atoms with Crippen LogP contribution in [0.25, 0.3) is 44.3 Å². The predicted molar refractivity (Wildman–Crippen MR) is 254 cm³/mol. The molecule has 0 N–H and O–H groups in total. The predicted octanol–water partition coefficient (Wildman–Crippen LogP) is 15.4. The second kappa shape index (κ2) is 15.3. The highest BCUT2D eigenvalue weighted by molar-refractivity contribution is 5.95. The third kappa shape index (κ3) is 6.43. The van der Waals surface area contributed by atoms with Gasteiger partial charge >= 0.3 is 0 Å². The summed E-state index contributed by atoms with van der Waals surface area (Å²) in [5.41, 5.74) is 19.0. The summed E-state index contributed by atoms with van der Waals surface area (Å²) in [6, 6.07) is 74.1. The van der Waals surface area contributed by atoms with E-state index >= 15 is 0 Å². The van der Waals surface area contributed by atoms with Crippen molar-refractivity contribution in [2.24, 2.45) is 0 Å². The van der Waals surface area contributed by atoms with Crippen molar-refractivity contribution in [1.82, 2.24) is 9.13 Å². The van der Waals surface area contributed by atoms with Crippen molar-refractivity contribution < 1.29 is 0 Å². The maximum atomic E-state index is 2.40. The van der Waals surface area contributed by atoms with Crippen LogP contribution in [0.15, 0.2) is 206 Å². The van der Waals surface area contributed by atoms with Crippen LogP contribution >= 0.6 is 0 Å². The molecule has 0 aliphatic rings. The first-order valence-corrected chi connectivity index (χ1v) is 20.7. The summed E-state index contributed by atoms with van der Waals surface area (Å²) >= 11 is 0. The smallest absolute Gasteiger partial charge is 0.0534 e. The molecule has 0 amide bonds. The summed E-state index contributed by atoms with van der Waals surface area (Å²) < 4.78 is 4.79. The Morgan fingerprint density at radius 1 is 0.300 bits per heavy atom. The summed E-state index contributed by atoms with van der Waals surface area (Å²) in [6.45, 7) is 8.97. The van der Waals surface area contributed by atoms with Crippen LogP contribution in [0.4, 0.5) is 34.1 Å². The molecule has 0 bridgehead atoms. The van der Waals surface area contributed by atoms with E-state index in [2.05, 4.69) is 253 Å². The molecule has 0 aliphatic heterocycles. The van der Waals surface area contributed by atoms with E-state index in [-0.39, 0.29) is 0 Å². The zero-order valence-corrected chi connectivity index (χ0v) is 34.4. The number of hydrogen-bond donors (Lipinski definition) is 0. The first-order chi connectivity index (χ1) is 29.4. The van der Waals surface area contributed by atoms with Gasteiger partial charge in [0.05, 0.1) is 11.0 Å². The number of benzene rings is 8. The lowest BCUT2D eigenvalue weighted by Gasteiger charge is -2.25. The topological polar surface area (TPSA) is 16.3 Å². The molecule has 4 nitrogen and oxygen atoms in total. The quantitative estimate of drug-likeness (QED) is 0.145. The summed E-state index contributed by atoms with van der Waals surface area (Å²) in [5.74, 6) is 0. The van der Waals surface area contributed by atoms with E-state index in [1.807, 2.05) is 0 Å². The van der Waals surface area contributed by atoms with E-state index in [0.717, 1.165) is 45.5 Å². The SMILES string of the molecule is Cc1c(C)n(-c2ccc(N(c3ccccc3)c3ccccc3)cc2)c2ccc(-c3ccc4c(c3)c(C)c(C)n4-c3ccc(N(c4ccccc4)c4ccccc4)cc3)cc12. The Morgan fingerprint density at radius 2 is 0.583 bits per heavy atom. The number of rotatable bonds is 9. The lowest BCUT2D eigenvalue weighted by Crippen LogP contribution is -2.09. The van der Waals surface area contributed by atoms with Crippen LogP contribution in [-0.2, 0) is 0 Å². The fourth-order valence-electron chi connectivity index (χ4n) is 8.88. The molecule has 0 aliphatic carbocycles. The maximum Gasteiger partial charge on any atom is 0.0534 e. The molecule has 2 heterocycles. The van der Waals surface area contributed by atoms with Gasteiger partial charge in [-0.15, -0.1) is 0 Å². The number of anilines is 6. The van der Waals surface area contributed by atoms with Gasteiger partial charge in [-0.3, -0.25) is 0 Å². The average molecular weight is 775 g/mol. The highest BCUT2D eigenvalue weighted by atomic mass is 15.1. The molecule has 2 aromatic heterocycles. The molecule has 0 radical (unpaired) electrons. The van der Waals surface area contributed by atoms with Crippen molar-refractivity contribution >= 4 is 55.9 Å². The van der Waals surface area contributed by atoms with Crippen LogP contribution in [0.3, 0.4) is 0 Å². The fourth-order valence-corrected chi connectivity index (χ4v) is 8.88. The minimum Gasteiger partial charge on any atom is -0.314 e. The molecule has 0 saturated heterocycles. The normalized spacial score (nSPS) is 11.3. The number of nitrogens with zero attached hydrogens (tertiary/aromatic N) is 4. The van der Waals surface area contributed by atoms with Crippen molar-refractivity contribution in [1.29, 1.82) is 0 Å². The van der Waals surface area contributed by atoms with Gasteiger partial charge in [0.25, 0.3) is 0 Å². The first-order valence-electron chi connectivity index (χ1n) is 20.7. The lowest BCUT2D eigenvalue weighted by molar-refractivity contribution is 1.04. The first kappa shape index (κ1) is 36.8. The molecular weight excluding hydrogens is 729 g/mol. The number of aromatic nitrogens is 2. The van der Waals surface area contributed by atoms with Crippen molar-refractivity contribution in [3.8, 4) is 22.5 Å². The Kier molecular flexibility index (Phi) is 9.38. The molecule has 0 saturated carbocycles. The molecule has 60 heavy (non-hydrogen) atoms. The Labute approximate surface area is 352 Å². The molecule has 0 atom stereocenters. The van der Waals surface area contributed by atoms with E-state index in [0.29, 0.717) is 0 Å². The Hall–Kier alpha value is -7.56. The summed E-state index contributed by atoms with van der Waals surface area (Å²) in [5, 5.41) is 2.55. The summed E-state index contributed by atoms with van der Waals surface area (Å²) in [4.78, 5) is 4.61. The largest absolute Gasteiger partial charge is 0.314 e. The number of hydrogen-bond acceptors (Lipinski definition) is 2. The van der Waals surface area contributed by atoms with Crippen LogP contribution in [-0.4, -0.2) is 9.13 Å². The summed E-state index contributed by atoms with van der Waals surface area (Å²) in [7, 11) is 0. The van der Waals surface area contributed by atoms with Crippen LogP contribution in [0.2, 0.25) is 0 Å². The molecule has 10 aromatic rings. The van der Waals surface area contributed by atoms with E-state index in [1.165, 1.54) is 55.4 Å². The molecule has 8 aromatic carbocycles.